The van der Waals surface area contributed by atoms with Gasteiger partial charge in [-0.3, -0.25) is 0 Å². The van der Waals surface area contributed by atoms with E-state index in [4.69, 9.17) is 16.9 Å². The molecule has 0 aliphatic rings. The van der Waals surface area contributed by atoms with Gasteiger partial charge in [0.2, 0.25) is 0 Å². The standard InChI is InChI=1S/C10H5ClF2N4/c11-7-2-1-6(4-14)8(3-7)9-5-17(10(12)13)16-15-9/h1-3,5,10H. The van der Waals surface area contributed by atoms with E-state index >= 15 is 0 Å². The molecule has 0 amide bonds. The van der Waals surface area contributed by atoms with Crippen LogP contribution >= 0.6 is 11.6 Å². The molecule has 0 saturated heterocycles. The summed E-state index contributed by atoms with van der Waals surface area (Å²) in [4.78, 5) is 0. The molecule has 7 heteroatoms. The van der Waals surface area contributed by atoms with Crippen LogP contribution in [0.15, 0.2) is 24.4 Å². The molecule has 0 saturated carbocycles. The first-order valence-corrected chi connectivity index (χ1v) is 4.89. The molecule has 17 heavy (non-hydrogen) atoms. The summed E-state index contributed by atoms with van der Waals surface area (Å²) in [6, 6.07) is 6.46. The van der Waals surface area contributed by atoms with Crippen LogP contribution in [0.5, 0.6) is 0 Å². The Morgan fingerprint density at radius 1 is 1.41 bits per heavy atom. The zero-order valence-corrected chi connectivity index (χ0v) is 9.07. The topological polar surface area (TPSA) is 54.5 Å². The van der Waals surface area contributed by atoms with Gasteiger partial charge in [0.1, 0.15) is 5.69 Å². The first kappa shape index (κ1) is 11.5. The van der Waals surface area contributed by atoms with Gasteiger partial charge in [-0.15, -0.1) is 5.10 Å². The number of alkyl halides is 2. The highest BCUT2D eigenvalue weighted by Crippen LogP contribution is 2.25. The van der Waals surface area contributed by atoms with Crippen molar-refractivity contribution in [2.45, 2.75) is 6.55 Å². The van der Waals surface area contributed by atoms with Gasteiger partial charge in [-0.25, -0.2) is 0 Å². The number of nitriles is 1. The maximum absolute atomic E-state index is 12.3. The van der Waals surface area contributed by atoms with Gasteiger partial charge in [0.25, 0.3) is 0 Å². The Kier molecular flexibility index (Phi) is 3.02. The average Bonchev–Trinajstić information content (AvgIpc) is 2.78. The molecule has 86 valence electrons. The van der Waals surface area contributed by atoms with Crippen LogP contribution < -0.4 is 0 Å². The zero-order valence-electron chi connectivity index (χ0n) is 8.31. The lowest BCUT2D eigenvalue weighted by Crippen LogP contribution is -1.97. The highest BCUT2D eigenvalue weighted by molar-refractivity contribution is 6.30. The van der Waals surface area contributed by atoms with Crippen LogP contribution in [0.3, 0.4) is 0 Å². The smallest absolute Gasteiger partial charge is 0.192 e. The predicted octanol–water partition coefficient (Wildman–Crippen LogP) is 2.87. The first-order chi connectivity index (χ1) is 8.11. The molecule has 0 fully saturated rings. The minimum absolute atomic E-state index is 0.185. The largest absolute Gasteiger partial charge is 0.334 e. The summed E-state index contributed by atoms with van der Waals surface area (Å²) < 4.78 is 25.1. The van der Waals surface area contributed by atoms with Crippen LogP contribution in [-0.2, 0) is 0 Å². The van der Waals surface area contributed by atoms with E-state index in [2.05, 4.69) is 10.3 Å². The average molecular weight is 255 g/mol. The summed E-state index contributed by atoms with van der Waals surface area (Å²) >= 11 is 5.78. The predicted molar refractivity (Wildman–Crippen MR) is 56.4 cm³/mol. The summed E-state index contributed by atoms with van der Waals surface area (Å²) in [5, 5.41) is 16.1. The Morgan fingerprint density at radius 2 is 2.18 bits per heavy atom. The number of hydrogen-bond acceptors (Lipinski definition) is 3. The molecule has 2 aromatic rings. The molecule has 0 N–H and O–H groups in total. The van der Waals surface area contributed by atoms with E-state index in [0.29, 0.717) is 20.8 Å². The Hall–Kier alpha value is -2.00. The zero-order chi connectivity index (χ0) is 12.4. The van der Waals surface area contributed by atoms with E-state index in [-0.39, 0.29) is 5.69 Å². The van der Waals surface area contributed by atoms with Crippen LogP contribution in [0, 0.1) is 11.3 Å². The second-order valence-electron chi connectivity index (χ2n) is 3.16. The quantitative estimate of drug-likeness (QED) is 0.828. The van der Waals surface area contributed by atoms with Crippen molar-refractivity contribution >= 4 is 11.6 Å². The number of rotatable bonds is 2. The van der Waals surface area contributed by atoms with Crippen LogP contribution in [0.2, 0.25) is 5.02 Å². The summed E-state index contributed by atoms with van der Waals surface area (Å²) in [6.07, 6.45) is 1.07. The summed E-state index contributed by atoms with van der Waals surface area (Å²) in [6.45, 7) is -2.76. The van der Waals surface area contributed by atoms with Crippen molar-refractivity contribution in [3.8, 4) is 17.3 Å². The second kappa shape index (κ2) is 4.47. The number of hydrogen-bond donors (Lipinski definition) is 0. The molecule has 0 aliphatic heterocycles. The number of benzene rings is 1. The van der Waals surface area contributed by atoms with Gasteiger partial charge in [-0.2, -0.15) is 18.7 Å². The highest BCUT2D eigenvalue weighted by Gasteiger charge is 2.13. The van der Waals surface area contributed by atoms with Crippen molar-refractivity contribution in [2.24, 2.45) is 0 Å². The Balaban J connectivity index is 2.52. The van der Waals surface area contributed by atoms with E-state index in [1.165, 1.54) is 12.1 Å². The molecule has 0 radical (unpaired) electrons. The molecular formula is C10H5ClF2N4. The van der Waals surface area contributed by atoms with Gasteiger partial charge in [0.05, 0.1) is 17.8 Å². The third-order valence-corrected chi connectivity index (χ3v) is 2.32. The van der Waals surface area contributed by atoms with E-state index in [1.54, 1.807) is 6.07 Å². The van der Waals surface area contributed by atoms with Gasteiger partial charge in [-0.05, 0) is 18.2 Å². The lowest BCUT2D eigenvalue weighted by molar-refractivity contribution is 0.0546. The highest BCUT2D eigenvalue weighted by atomic mass is 35.5. The van der Waals surface area contributed by atoms with E-state index in [9.17, 15) is 8.78 Å². The van der Waals surface area contributed by atoms with E-state index in [0.717, 1.165) is 6.20 Å². The lowest BCUT2D eigenvalue weighted by Gasteiger charge is -1.99. The van der Waals surface area contributed by atoms with E-state index < -0.39 is 6.55 Å². The fourth-order valence-corrected chi connectivity index (χ4v) is 1.49. The molecule has 1 aromatic heterocycles. The molecule has 0 atom stereocenters. The van der Waals surface area contributed by atoms with Crippen molar-refractivity contribution in [3.05, 3.63) is 35.0 Å². The Labute approximate surface area is 100 Å². The molecule has 4 nitrogen and oxygen atoms in total. The molecule has 0 spiro atoms. The Bertz CT molecular complexity index is 588. The van der Waals surface area contributed by atoms with Gasteiger partial charge >= 0.3 is 6.55 Å². The summed E-state index contributed by atoms with van der Waals surface area (Å²) in [7, 11) is 0. The van der Waals surface area contributed by atoms with E-state index in [1.807, 2.05) is 6.07 Å². The fourth-order valence-electron chi connectivity index (χ4n) is 1.32. The van der Waals surface area contributed by atoms with Crippen molar-refractivity contribution in [1.29, 1.82) is 5.26 Å². The minimum Gasteiger partial charge on any atom is -0.192 e. The number of aromatic nitrogens is 3. The maximum atomic E-state index is 12.3. The van der Waals surface area contributed by atoms with Crippen molar-refractivity contribution in [2.75, 3.05) is 0 Å². The third-order valence-electron chi connectivity index (χ3n) is 2.09. The summed E-state index contributed by atoms with van der Waals surface area (Å²) in [5.74, 6) is 0. The van der Waals surface area contributed by atoms with Gasteiger partial charge in [0.15, 0.2) is 0 Å². The van der Waals surface area contributed by atoms with Crippen LogP contribution in [-0.4, -0.2) is 15.0 Å². The number of nitrogens with zero attached hydrogens (tertiary/aromatic N) is 4. The molecular weight excluding hydrogens is 250 g/mol. The van der Waals surface area contributed by atoms with Crippen LogP contribution in [0.4, 0.5) is 8.78 Å². The lowest BCUT2D eigenvalue weighted by atomic mass is 10.1. The maximum Gasteiger partial charge on any atom is 0.334 e. The van der Waals surface area contributed by atoms with Gasteiger partial charge in [-0.1, -0.05) is 16.8 Å². The number of halogens is 3. The Morgan fingerprint density at radius 3 is 2.76 bits per heavy atom. The minimum atomic E-state index is -2.76. The molecule has 0 unspecified atom stereocenters. The van der Waals surface area contributed by atoms with Gasteiger partial charge in [0, 0.05) is 10.6 Å². The molecule has 1 aromatic carbocycles. The van der Waals surface area contributed by atoms with Crippen molar-refractivity contribution < 1.29 is 8.78 Å². The molecule has 0 bridgehead atoms. The van der Waals surface area contributed by atoms with Crippen LogP contribution in [0.1, 0.15) is 12.1 Å². The fraction of sp³-hybridized carbons (Fsp3) is 0.100. The molecule has 2 rings (SSSR count). The summed E-state index contributed by atoms with van der Waals surface area (Å²) in [5.41, 5.74) is 0.868. The first-order valence-electron chi connectivity index (χ1n) is 4.52. The van der Waals surface area contributed by atoms with Crippen molar-refractivity contribution in [1.82, 2.24) is 15.0 Å². The third kappa shape index (κ3) is 2.24. The van der Waals surface area contributed by atoms with Gasteiger partial charge < -0.3 is 0 Å². The molecule has 1 heterocycles. The molecule has 0 aliphatic carbocycles. The second-order valence-corrected chi connectivity index (χ2v) is 3.60. The monoisotopic (exact) mass is 254 g/mol. The van der Waals surface area contributed by atoms with Crippen molar-refractivity contribution in [3.63, 3.8) is 0 Å². The normalized spacial score (nSPS) is 10.5. The van der Waals surface area contributed by atoms with Crippen LogP contribution in [0.25, 0.3) is 11.3 Å². The SMILES string of the molecule is N#Cc1ccc(Cl)cc1-c1cn(C(F)F)nn1.